The van der Waals surface area contributed by atoms with Gasteiger partial charge in [0.2, 0.25) is 0 Å². The van der Waals surface area contributed by atoms with Crippen molar-refractivity contribution in [3.63, 3.8) is 0 Å². The monoisotopic (exact) mass is 244 g/mol. The van der Waals surface area contributed by atoms with Gasteiger partial charge in [0.15, 0.2) is 5.82 Å². The third kappa shape index (κ3) is 1.95. The van der Waals surface area contributed by atoms with Crippen LogP contribution in [-0.2, 0) is 13.1 Å². The second kappa shape index (κ2) is 4.38. The van der Waals surface area contributed by atoms with Gasteiger partial charge >= 0.3 is 0 Å². The molecule has 3 heterocycles. The molecule has 2 aromatic heterocycles. The Morgan fingerprint density at radius 1 is 1.39 bits per heavy atom. The molecule has 0 radical (unpaired) electrons. The van der Waals surface area contributed by atoms with Gasteiger partial charge in [0.1, 0.15) is 12.1 Å². The fourth-order valence-corrected chi connectivity index (χ4v) is 2.15. The fraction of sp³-hybridized carbons (Fsp3) is 0.417. The minimum Gasteiger partial charge on any atom is -0.347 e. The highest BCUT2D eigenvalue weighted by Gasteiger charge is 2.18. The molecule has 0 fully saturated rings. The fourth-order valence-electron chi connectivity index (χ4n) is 2.15. The van der Waals surface area contributed by atoms with Crippen molar-refractivity contribution in [2.75, 3.05) is 11.4 Å². The summed E-state index contributed by atoms with van der Waals surface area (Å²) in [4.78, 5) is 6.62. The zero-order valence-electron chi connectivity index (χ0n) is 10.3. The average Bonchev–Trinajstić information content (AvgIpc) is 2.86. The Hall–Kier alpha value is -1.95. The van der Waals surface area contributed by atoms with Crippen molar-refractivity contribution >= 4 is 5.82 Å². The van der Waals surface area contributed by atoms with Gasteiger partial charge in [-0.15, -0.1) is 10.2 Å². The molecular weight excluding hydrogens is 228 g/mol. The summed E-state index contributed by atoms with van der Waals surface area (Å²) in [7, 11) is 0. The molecule has 6 heteroatoms. The van der Waals surface area contributed by atoms with Crippen LogP contribution in [-0.4, -0.2) is 26.3 Å². The number of nitrogens with two attached hydrogens (primary N) is 1. The molecule has 0 aromatic carbocycles. The van der Waals surface area contributed by atoms with Crippen LogP contribution in [0.5, 0.6) is 0 Å². The van der Waals surface area contributed by atoms with Gasteiger partial charge in [-0.05, 0) is 24.6 Å². The standard InChI is InChI=1S/C12H16N6/c1-9(13)10-2-3-14-11(6-10)17-4-5-18-8-15-16-12(18)7-17/h2-3,6,8-9H,4-5,7,13H2,1H3/t9-/m0/s1. The maximum atomic E-state index is 5.90. The van der Waals surface area contributed by atoms with Crippen LogP contribution < -0.4 is 10.6 Å². The van der Waals surface area contributed by atoms with Crippen LogP contribution in [0.3, 0.4) is 0 Å². The van der Waals surface area contributed by atoms with E-state index in [2.05, 4.69) is 30.7 Å². The van der Waals surface area contributed by atoms with E-state index in [-0.39, 0.29) is 6.04 Å². The van der Waals surface area contributed by atoms with E-state index in [9.17, 15) is 0 Å². The molecule has 18 heavy (non-hydrogen) atoms. The number of fused-ring (bicyclic) bond motifs is 1. The second-order valence-corrected chi connectivity index (χ2v) is 4.60. The predicted octanol–water partition coefficient (Wildman–Crippen LogP) is 0.713. The lowest BCUT2D eigenvalue weighted by Crippen LogP contribution is -2.34. The zero-order chi connectivity index (χ0) is 12.5. The molecule has 94 valence electrons. The number of rotatable bonds is 2. The molecule has 1 aliphatic heterocycles. The third-order valence-electron chi connectivity index (χ3n) is 3.26. The Morgan fingerprint density at radius 3 is 3.11 bits per heavy atom. The van der Waals surface area contributed by atoms with E-state index >= 15 is 0 Å². The first-order chi connectivity index (χ1) is 8.74. The van der Waals surface area contributed by atoms with Gasteiger partial charge in [-0.25, -0.2) is 4.98 Å². The van der Waals surface area contributed by atoms with Crippen molar-refractivity contribution in [3.8, 4) is 0 Å². The number of hydrogen-bond donors (Lipinski definition) is 1. The van der Waals surface area contributed by atoms with Gasteiger partial charge in [0.05, 0.1) is 6.54 Å². The number of anilines is 1. The summed E-state index contributed by atoms with van der Waals surface area (Å²) >= 11 is 0. The Morgan fingerprint density at radius 2 is 2.28 bits per heavy atom. The summed E-state index contributed by atoms with van der Waals surface area (Å²) in [5.41, 5.74) is 7.00. The van der Waals surface area contributed by atoms with Gasteiger partial charge < -0.3 is 15.2 Å². The molecule has 0 saturated heterocycles. The van der Waals surface area contributed by atoms with Crippen LogP contribution in [0.25, 0.3) is 0 Å². The van der Waals surface area contributed by atoms with Crippen LogP contribution in [0.4, 0.5) is 5.82 Å². The highest BCUT2D eigenvalue weighted by atomic mass is 15.3. The van der Waals surface area contributed by atoms with E-state index in [1.807, 2.05) is 19.2 Å². The molecule has 6 nitrogen and oxygen atoms in total. The molecule has 0 unspecified atom stereocenters. The van der Waals surface area contributed by atoms with E-state index in [1.165, 1.54) is 0 Å². The van der Waals surface area contributed by atoms with Gasteiger partial charge in [0, 0.05) is 25.3 Å². The highest BCUT2D eigenvalue weighted by Crippen LogP contribution is 2.20. The smallest absolute Gasteiger partial charge is 0.152 e. The molecular formula is C12H16N6. The van der Waals surface area contributed by atoms with Gasteiger partial charge in [0.25, 0.3) is 0 Å². The van der Waals surface area contributed by atoms with Gasteiger partial charge in [-0.1, -0.05) is 0 Å². The SMILES string of the molecule is C[C@H](N)c1ccnc(N2CCn3cnnc3C2)c1. The van der Waals surface area contributed by atoms with E-state index in [0.29, 0.717) is 0 Å². The first-order valence-electron chi connectivity index (χ1n) is 6.07. The Kier molecular flexibility index (Phi) is 2.71. The third-order valence-corrected chi connectivity index (χ3v) is 3.26. The first kappa shape index (κ1) is 11.2. The largest absolute Gasteiger partial charge is 0.347 e. The first-order valence-corrected chi connectivity index (χ1v) is 6.07. The van der Waals surface area contributed by atoms with Crippen molar-refractivity contribution in [1.82, 2.24) is 19.7 Å². The number of nitrogens with zero attached hydrogens (tertiary/aromatic N) is 5. The maximum absolute atomic E-state index is 5.90. The zero-order valence-corrected chi connectivity index (χ0v) is 10.3. The summed E-state index contributed by atoms with van der Waals surface area (Å²) in [6.45, 7) is 4.54. The Labute approximate surface area is 105 Å². The minimum atomic E-state index is 0.0280. The number of hydrogen-bond acceptors (Lipinski definition) is 5. The summed E-state index contributed by atoms with van der Waals surface area (Å²) in [5, 5.41) is 8.03. The van der Waals surface area contributed by atoms with Crippen molar-refractivity contribution in [2.45, 2.75) is 26.1 Å². The molecule has 0 spiro atoms. The van der Waals surface area contributed by atoms with Crippen LogP contribution >= 0.6 is 0 Å². The van der Waals surface area contributed by atoms with Crippen LogP contribution in [0, 0.1) is 0 Å². The van der Waals surface area contributed by atoms with E-state index in [0.717, 1.165) is 36.8 Å². The van der Waals surface area contributed by atoms with Crippen LogP contribution in [0.1, 0.15) is 24.4 Å². The van der Waals surface area contributed by atoms with Crippen LogP contribution in [0.2, 0.25) is 0 Å². The Balaban J connectivity index is 1.86. The van der Waals surface area contributed by atoms with Crippen molar-refractivity contribution in [3.05, 3.63) is 36.0 Å². The normalized spacial score (nSPS) is 16.4. The molecule has 1 atom stereocenters. The number of aromatic nitrogens is 4. The summed E-state index contributed by atoms with van der Waals surface area (Å²) < 4.78 is 2.08. The molecule has 1 aliphatic rings. The Bertz CT molecular complexity index is 547. The van der Waals surface area contributed by atoms with Crippen molar-refractivity contribution in [1.29, 1.82) is 0 Å². The van der Waals surface area contributed by atoms with Gasteiger partial charge in [-0.2, -0.15) is 0 Å². The lowest BCUT2D eigenvalue weighted by atomic mass is 10.1. The second-order valence-electron chi connectivity index (χ2n) is 4.60. The lowest BCUT2D eigenvalue weighted by Gasteiger charge is -2.28. The summed E-state index contributed by atoms with van der Waals surface area (Å²) in [6, 6.07) is 4.04. The summed E-state index contributed by atoms with van der Waals surface area (Å²) in [6.07, 6.45) is 3.59. The molecule has 2 aromatic rings. The average molecular weight is 244 g/mol. The molecule has 0 bridgehead atoms. The van der Waals surface area contributed by atoms with E-state index in [4.69, 9.17) is 5.73 Å². The molecule has 0 amide bonds. The molecule has 3 rings (SSSR count). The highest BCUT2D eigenvalue weighted by molar-refractivity contribution is 5.42. The number of pyridine rings is 1. The minimum absolute atomic E-state index is 0.0280. The maximum Gasteiger partial charge on any atom is 0.152 e. The van der Waals surface area contributed by atoms with Gasteiger partial charge in [-0.3, -0.25) is 0 Å². The topological polar surface area (TPSA) is 72.9 Å². The van der Waals surface area contributed by atoms with Crippen molar-refractivity contribution < 1.29 is 0 Å². The van der Waals surface area contributed by atoms with E-state index < -0.39 is 0 Å². The predicted molar refractivity (Wildman–Crippen MR) is 67.9 cm³/mol. The van der Waals surface area contributed by atoms with E-state index in [1.54, 1.807) is 6.33 Å². The quantitative estimate of drug-likeness (QED) is 0.842. The van der Waals surface area contributed by atoms with Crippen molar-refractivity contribution in [2.24, 2.45) is 5.73 Å². The molecule has 2 N–H and O–H groups in total. The molecule has 0 saturated carbocycles. The van der Waals surface area contributed by atoms with Crippen LogP contribution in [0.15, 0.2) is 24.7 Å². The molecule has 0 aliphatic carbocycles. The summed E-state index contributed by atoms with van der Waals surface area (Å²) in [5.74, 6) is 1.94. The lowest BCUT2D eigenvalue weighted by molar-refractivity contribution is 0.556.